The number of likely N-dealkylation sites (tertiary alicyclic amines) is 1. The van der Waals surface area contributed by atoms with Crippen molar-refractivity contribution in [3.8, 4) is 11.5 Å². The lowest BCUT2D eigenvalue weighted by atomic mass is 9.88. The van der Waals surface area contributed by atoms with Crippen LogP contribution in [0, 0.1) is 11.7 Å². The van der Waals surface area contributed by atoms with Gasteiger partial charge in [0, 0.05) is 32.3 Å². The summed E-state index contributed by atoms with van der Waals surface area (Å²) < 4.78 is 29.7. The van der Waals surface area contributed by atoms with Crippen LogP contribution in [0.25, 0.3) is 0 Å². The zero-order chi connectivity index (χ0) is 24.8. The second-order valence-corrected chi connectivity index (χ2v) is 8.41. The first-order valence-corrected chi connectivity index (χ1v) is 11.5. The summed E-state index contributed by atoms with van der Waals surface area (Å²) in [5.41, 5.74) is 0.368. The summed E-state index contributed by atoms with van der Waals surface area (Å²) in [7, 11) is 1.54. The summed E-state index contributed by atoms with van der Waals surface area (Å²) in [5.74, 6) is -0.866. The van der Waals surface area contributed by atoms with Crippen LogP contribution in [0.1, 0.15) is 33.6 Å². The van der Waals surface area contributed by atoms with Gasteiger partial charge in [-0.2, -0.15) is 0 Å². The molecule has 1 saturated heterocycles. The smallest absolute Gasteiger partial charge is 0.256 e. The van der Waals surface area contributed by atoms with Crippen molar-refractivity contribution < 1.29 is 33.0 Å². The highest BCUT2D eigenvalue weighted by Gasteiger charge is 2.34. The zero-order valence-electron chi connectivity index (χ0n) is 19.4. The van der Waals surface area contributed by atoms with E-state index < -0.39 is 17.8 Å². The van der Waals surface area contributed by atoms with Crippen LogP contribution in [0.15, 0.2) is 42.5 Å². The Hall–Kier alpha value is -3.66. The molecule has 2 heterocycles. The Morgan fingerprint density at radius 2 is 1.86 bits per heavy atom. The van der Waals surface area contributed by atoms with E-state index in [9.17, 15) is 18.8 Å². The van der Waals surface area contributed by atoms with Crippen LogP contribution >= 0.6 is 0 Å². The fourth-order valence-electron chi connectivity index (χ4n) is 4.29. The van der Waals surface area contributed by atoms with E-state index >= 15 is 0 Å². The summed E-state index contributed by atoms with van der Waals surface area (Å²) in [6.45, 7) is 1.43. The van der Waals surface area contributed by atoms with Gasteiger partial charge >= 0.3 is 0 Å². The molecule has 2 aliphatic rings. The van der Waals surface area contributed by atoms with Crippen LogP contribution in [-0.2, 0) is 9.53 Å². The molecule has 0 bridgehead atoms. The largest absolute Gasteiger partial charge is 0.454 e. The van der Waals surface area contributed by atoms with Crippen molar-refractivity contribution in [2.24, 2.45) is 5.92 Å². The van der Waals surface area contributed by atoms with E-state index in [1.54, 1.807) is 29.2 Å². The van der Waals surface area contributed by atoms with E-state index in [-0.39, 0.29) is 30.1 Å². The van der Waals surface area contributed by atoms with Gasteiger partial charge in [-0.3, -0.25) is 14.4 Å². The minimum Gasteiger partial charge on any atom is -0.454 e. The van der Waals surface area contributed by atoms with Crippen molar-refractivity contribution in [1.82, 2.24) is 15.5 Å². The number of halogens is 1. The molecule has 0 saturated carbocycles. The number of hydrogen-bond donors (Lipinski definition) is 2. The molecule has 2 aromatic rings. The molecule has 10 heteroatoms. The van der Waals surface area contributed by atoms with E-state index in [0.717, 1.165) is 0 Å². The average molecular weight is 486 g/mol. The van der Waals surface area contributed by atoms with Crippen molar-refractivity contribution >= 4 is 17.7 Å². The summed E-state index contributed by atoms with van der Waals surface area (Å²) in [5, 5.41) is 5.65. The Morgan fingerprint density at radius 1 is 1.11 bits per heavy atom. The molecular formula is C25H28FN3O6. The van der Waals surface area contributed by atoms with Gasteiger partial charge in [-0.05, 0) is 49.1 Å². The molecule has 2 aromatic carbocycles. The van der Waals surface area contributed by atoms with Crippen molar-refractivity contribution in [3.63, 3.8) is 0 Å². The van der Waals surface area contributed by atoms with Crippen LogP contribution in [0.2, 0.25) is 0 Å². The van der Waals surface area contributed by atoms with Crippen molar-refractivity contribution in [2.45, 2.75) is 18.9 Å². The number of carbonyl (C=O) groups is 3. The molecule has 0 aliphatic carbocycles. The van der Waals surface area contributed by atoms with Gasteiger partial charge < -0.3 is 29.7 Å². The van der Waals surface area contributed by atoms with Crippen LogP contribution in [-0.4, -0.2) is 68.8 Å². The summed E-state index contributed by atoms with van der Waals surface area (Å²) >= 11 is 0. The molecule has 2 N–H and O–H groups in total. The Labute approximate surface area is 202 Å². The highest BCUT2D eigenvalue weighted by molar-refractivity contribution is 5.98. The number of hydrogen-bond acceptors (Lipinski definition) is 6. The minimum atomic E-state index is -0.810. The van der Waals surface area contributed by atoms with E-state index in [0.29, 0.717) is 56.1 Å². The van der Waals surface area contributed by atoms with E-state index in [1.165, 1.54) is 25.3 Å². The highest BCUT2D eigenvalue weighted by Crippen LogP contribution is 2.32. The molecule has 2 aliphatic heterocycles. The van der Waals surface area contributed by atoms with E-state index in [4.69, 9.17) is 14.2 Å². The second kappa shape index (κ2) is 11.2. The molecule has 3 amide bonds. The first-order valence-electron chi connectivity index (χ1n) is 11.5. The number of ether oxygens (including phenoxy) is 3. The van der Waals surface area contributed by atoms with Crippen LogP contribution in [0.5, 0.6) is 11.5 Å². The van der Waals surface area contributed by atoms with Gasteiger partial charge in [0.05, 0.1) is 12.2 Å². The molecule has 9 nitrogen and oxygen atoms in total. The number of amides is 3. The van der Waals surface area contributed by atoms with Gasteiger partial charge in [0.15, 0.2) is 11.5 Å². The maximum Gasteiger partial charge on any atom is 0.256 e. The standard InChI is InChI=1S/C25H28FN3O6/c1-33-13-10-27-24(31)22(28-23(30)17-6-7-20-21(14-17)35-15-34-20)16-8-11-29(12-9-16)25(32)18-4-2-3-5-19(18)26/h2-7,14,16,22H,8-13,15H2,1H3,(H,27,31)(H,28,30). The Balaban J connectivity index is 1.44. The third-order valence-corrected chi connectivity index (χ3v) is 6.21. The third-order valence-electron chi connectivity index (χ3n) is 6.21. The number of benzene rings is 2. The molecule has 35 heavy (non-hydrogen) atoms. The highest BCUT2D eigenvalue weighted by atomic mass is 19.1. The van der Waals surface area contributed by atoms with Crippen molar-refractivity contribution in [1.29, 1.82) is 0 Å². The van der Waals surface area contributed by atoms with Gasteiger partial charge in [-0.15, -0.1) is 0 Å². The predicted molar refractivity (Wildman–Crippen MR) is 124 cm³/mol. The molecule has 1 atom stereocenters. The van der Waals surface area contributed by atoms with Gasteiger partial charge in [0.1, 0.15) is 11.9 Å². The second-order valence-electron chi connectivity index (χ2n) is 8.41. The van der Waals surface area contributed by atoms with Crippen molar-refractivity contribution in [3.05, 3.63) is 59.4 Å². The molecule has 1 unspecified atom stereocenters. The van der Waals surface area contributed by atoms with Crippen LogP contribution in [0.4, 0.5) is 4.39 Å². The number of rotatable bonds is 8. The van der Waals surface area contributed by atoms with Gasteiger partial charge in [0.2, 0.25) is 12.7 Å². The molecule has 4 rings (SSSR count). The zero-order valence-corrected chi connectivity index (χ0v) is 19.4. The van der Waals surface area contributed by atoms with Gasteiger partial charge in [0.25, 0.3) is 11.8 Å². The molecule has 0 aromatic heterocycles. The number of piperidine rings is 1. The molecule has 0 radical (unpaired) electrons. The lowest BCUT2D eigenvalue weighted by molar-refractivity contribution is -0.124. The maximum atomic E-state index is 14.1. The maximum absolute atomic E-state index is 14.1. The van der Waals surface area contributed by atoms with Crippen LogP contribution in [0.3, 0.4) is 0 Å². The van der Waals surface area contributed by atoms with E-state index in [1.807, 2.05) is 0 Å². The van der Waals surface area contributed by atoms with Crippen LogP contribution < -0.4 is 20.1 Å². The first-order chi connectivity index (χ1) is 17.0. The number of nitrogens with one attached hydrogen (secondary N) is 2. The lowest BCUT2D eigenvalue weighted by Crippen LogP contribution is -2.54. The molecular weight excluding hydrogens is 457 g/mol. The Morgan fingerprint density at radius 3 is 2.60 bits per heavy atom. The van der Waals surface area contributed by atoms with Gasteiger partial charge in [-0.25, -0.2) is 4.39 Å². The number of nitrogens with zero attached hydrogens (tertiary/aromatic N) is 1. The summed E-state index contributed by atoms with van der Waals surface area (Å²) in [6.07, 6.45) is 0.952. The number of fused-ring (bicyclic) bond motifs is 1. The summed E-state index contributed by atoms with van der Waals surface area (Å²) in [4.78, 5) is 40.3. The lowest BCUT2D eigenvalue weighted by Gasteiger charge is -2.36. The topological polar surface area (TPSA) is 106 Å². The number of methoxy groups -OCH3 is 1. The summed E-state index contributed by atoms with van der Waals surface area (Å²) in [6, 6.07) is 9.90. The predicted octanol–water partition coefficient (Wildman–Crippen LogP) is 1.97. The first kappa shape index (κ1) is 24.5. The fourth-order valence-corrected chi connectivity index (χ4v) is 4.29. The minimum absolute atomic E-state index is 0.0240. The van der Waals surface area contributed by atoms with E-state index in [2.05, 4.69) is 10.6 Å². The molecule has 0 spiro atoms. The Kier molecular flexibility index (Phi) is 7.81. The average Bonchev–Trinajstić information content (AvgIpc) is 3.35. The van der Waals surface area contributed by atoms with Gasteiger partial charge in [-0.1, -0.05) is 12.1 Å². The monoisotopic (exact) mass is 485 g/mol. The third kappa shape index (κ3) is 5.71. The Bertz CT molecular complexity index is 1090. The molecule has 186 valence electrons. The normalized spacial score (nSPS) is 16.0. The number of carbonyl (C=O) groups excluding carboxylic acids is 3. The quantitative estimate of drug-likeness (QED) is 0.554. The molecule has 1 fully saturated rings. The fraction of sp³-hybridized carbons (Fsp3) is 0.400. The van der Waals surface area contributed by atoms with Crippen molar-refractivity contribution in [2.75, 3.05) is 40.1 Å². The SMILES string of the molecule is COCCNC(=O)C(NC(=O)c1ccc2c(c1)OCO2)C1CCN(C(=O)c2ccccc2F)CC1.